The highest BCUT2D eigenvalue weighted by Crippen LogP contribution is 2.41. The maximum atomic E-state index is 12.2. The van der Waals surface area contributed by atoms with Crippen molar-refractivity contribution < 1.29 is 38.9 Å². The number of hydrogen-bond donors (Lipinski definition) is 0. The molecule has 0 atom stereocenters. The molecule has 0 N–H and O–H groups in total. The van der Waals surface area contributed by atoms with Gasteiger partial charge in [0.1, 0.15) is 5.76 Å². The van der Waals surface area contributed by atoms with E-state index in [0.29, 0.717) is 0 Å². The Bertz CT molecular complexity index is 434. The zero-order chi connectivity index (χ0) is 15.5. The molecule has 0 bridgehead atoms. The molecule has 0 aromatic heterocycles. The smallest absolute Gasteiger partial charge is 0.380 e. The van der Waals surface area contributed by atoms with Crippen molar-refractivity contribution in [3.63, 3.8) is 0 Å². The van der Waals surface area contributed by atoms with Crippen molar-refractivity contribution in [1.82, 2.24) is 0 Å². The molecule has 0 amide bonds. The summed E-state index contributed by atoms with van der Waals surface area (Å²) in [4.78, 5) is -0.608. The number of alkyl halides is 6. The Morgan fingerprint density at radius 2 is 1.53 bits per heavy atom. The first-order valence-corrected chi connectivity index (χ1v) is 7.05. The highest BCUT2D eigenvalue weighted by atomic mass is 32.2. The highest BCUT2D eigenvalue weighted by Gasteiger charge is 2.49. The van der Waals surface area contributed by atoms with Gasteiger partial charge in [-0.15, -0.1) is 0 Å². The Kier molecular flexibility index (Phi) is 6.06. The molecular formula is C8H10F6O3S2. The fraction of sp³-hybridized carbons (Fsp3) is 0.750. The van der Waals surface area contributed by atoms with Crippen LogP contribution in [0.2, 0.25) is 0 Å². The molecule has 0 unspecified atom stereocenters. The lowest BCUT2D eigenvalue weighted by Gasteiger charge is -2.15. The van der Waals surface area contributed by atoms with Crippen LogP contribution in [-0.2, 0) is 14.3 Å². The summed E-state index contributed by atoms with van der Waals surface area (Å²) in [5.41, 5.74) is -10.4. The number of hydrogen-bond acceptors (Lipinski definition) is 4. The van der Waals surface area contributed by atoms with Gasteiger partial charge >= 0.3 is 21.1 Å². The van der Waals surface area contributed by atoms with E-state index in [0.717, 1.165) is 0 Å². The van der Waals surface area contributed by atoms with Crippen molar-refractivity contribution in [3.05, 3.63) is 10.7 Å². The summed E-state index contributed by atoms with van der Waals surface area (Å²) >= 11 is -0.691. The Hall–Kier alpha value is -0.580. The van der Waals surface area contributed by atoms with Crippen molar-refractivity contribution in [2.75, 3.05) is 0 Å². The molecule has 0 saturated carbocycles. The summed E-state index contributed by atoms with van der Waals surface area (Å²) < 4.78 is 97.9. The Balaban J connectivity index is 5.41. The van der Waals surface area contributed by atoms with Crippen LogP contribution in [0.5, 0.6) is 0 Å². The molecule has 0 aromatic rings. The first kappa shape index (κ1) is 18.4. The Morgan fingerprint density at radius 3 is 1.79 bits per heavy atom. The van der Waals surface area contributed by atoms with E-state index in [1.54, 1.807) is 0 Å². The molecule has 0 aliphatic rings. The van der Waals surface area contributed by atoms with E-state index in [9.17, 15) is 34.8 Å². The normalized spacial score (nSPS) is 15.2. The van der Waals surface area contributed by atoms with E-state index in [2.05, 4.69) is 4.18 Å². The molecule has 0 spiro atoms. The van der Waals surface area contributed by atoms with Crippen molar-refractivity contribution in [2.24, 2.45) is 0 Å². The number of rotatable bonds is 5. The molecule has 0 rings (SSSR count). The lowest BCUT2D eigenvalue weighted by Crippen LogP contribution is -2.25. The van der Waals surface area contributed by atoms with E-state index < -0.39 is 50.0 Å². The molecule has 0 fully saturated rings. The van der Waals surface area contributed by atoms with E-state index in [4.69, 9.17) is 0 Å². The lowest BCUT2D eigenvalue weighted by atomic mass is 10.3. The molecule has 0 aliphatic carbocycles. The minimum Gasteiger partial charge on any atom is -0.380 e. The van der Waals surface area contributed by atoms with Gasteiger partial charge < -0.3 is 4.18 Å². The minimum atomic E-state index is -5.96. The van der Waals surface area contributed by atoms with Gasteiger partial charge in [-0.3, -0.25) is 0 Å². The summed E-state index contributed by atoms with van der Waals surface area (Å²) in [6.07, 6.45) is -0.720. The van der Waals surface area contributed by atoms with Gasteiger partial charge in [0.15, 0.2) is 0 Å². The zero-order valence-electron chi connectivity index (χ0n) is 9.72. The fourth-order valence-electron chi connectivity index (χ4n) is 0.948. The SMILES string of the molecule is CC/C(OS(=O)(=O)C(F)(F)F)=C(/CC)SC(F)(F)F. The summed E-state index contributed by atoms with van der Waals surface area (Å²) in [6.45, 7) is 2.43. The fourth-order valence-corrected chi connectivity index (χ4v) is 2.30. The maximum absolute atomic E-state index is 12.2. The molecule has 0 aliphatic heterocycles. The van der Waals surface area contributed by atoms with E-state index in [1.165, 1.54) is 13.8 Å². The summed E-state index contributed by atoms with van der Waals surface area (Å²) in [5, 5.41) is 0. The molecule has 0 heterocycles. The Morgan fingerprint density at radius 1 is 1.05 bits per heavy atom. The second kappa shape index (κ2) is 6.25. The zero-order valence-corrected chi connectivity index (χ0v) is 11.4. The van der Waals surface area contributed by atoms with Gasteiger partial charge in [0, 0.05) is 11.3 Å². The summed E-state index contributed by atoms with van der Waals surface area (Å²) in [7, 11) is -5.96. The minimum absolute atomic E-state index is 0.305. The molecule has 0 radical (unpaired) electrons. The van der Waals surface area contributed by atoms with Crippen molar-refractivity contribution in [1.29, 1.82) is 0 Å². The molecule has 19 heavy (non-hydrogen) atoms. The Labute approximate surface area is 110 Å². The van der Waals surface area contributed by atoms with Crippen molar-refractivity contribution in [2.45, 2.75) is 37.7 Å². The monoisotopic (exact) mass is 332 g/mol. The third-order valence-electron chi connectivity index (χ3n) is 1.69. The maximum Gasteiger partial charge on any atom is 0.534 e. The van der Waals surface area contributed by atoms with Crippen LogP contribution in [0.1, 0.15) is 26.7 Å². The van der Waals surface area contributed by atoms with Crippen LogP contribution in [-0.4, -0.2) is 19.4 Å². The van der Waals surface area contributed by atoms with Crippen LogP contribution < -0.4 is 0 Å². The summed E-state index contributed by atoms with van der Waals surface area (Å²) in [6, 6.07) is 0. The first-order valence-electron chi connectivity index (χ1n) is 4.82. The second-order valence-electron chi connectivity index (χ2n) is 3.08. The van der Waals surface area contributed by atoms with Crippen LogP contribution in [0, 0.1) is 0 Å². The van der Waals surface area contributed by atoms with Gasteiger partial charge in [-0.25, -0.2) is 0 Å². The predicted molar refractivity (Wildman–Crippen MR) is 57.3 cm³/mol. The van der Waals surface area contributed by atoms with Gasteiger partial charge in [0.05, 0.1) is 0 Å². The molecule has 3 nitrogen and oxygen atoms in total. The number of halogens is 6. The van der Waals surface area contributed by atoms with E-state index >= 15 is 0 Å². The highest BCUT2D eigenvalue weighted by molar-refractivity contribution is 8.03. The van der Waals surface area contributed by atoms with Crippen molar-refractivity contribution in [3.8, 4) is 0 Å². The van der Waals surface area contributed by atoms with E-state index in [-0.39, 0.29) is 6.42 Å². The first-order chi connectivity index (χ1) is 8.34. The van der Waals surface area contributed by atoms with Gasteiger partial charge in [-0.1, -0.05) is 13.8 Å². The topological polar surface area (TPSA) is 43.4 Å². The number of allylic oxidation sites excluding steroid dienone is 2. The predicted octanol–water partition coefficient (Wildman–Crippen LogP) is 4.14. The van der Waals surface area contributed by atoms with Crippen molar-refractivity contribution >= 4 is 21.9 Å². The molecule has 11 heteroatoms. The molecule has 0 saturated heterocycles. The van der Waals surface area contributed by atoms with Crippen LogP contribution >= 0.6 is 11.8 Å². The number of thioether (sulfide) groups is 1. The third-order valence-corrected chi connectivity index (χ3v) is 3.67. The second-order valence-corrected chi connectivity index (χ2v) is 5.78. The van der Waals surface area contributed by atoms with Gasteiger partial charge in [-0.05, 0) is 18.2 Å². The van der Waals surface area contributed by atoms with Gasteiger partial charge in [-0.2, -0.15) is 34.8 Å². The summed E-state index contributed by atoms with van der Waals surface area (Å²) in [5.74, 6) is -0.859. The molecule has 0 aromatic carbocycles. The van der Waals surface area contributed by atoms with Crippen LogP contribution in [0.15, 0.2) is 10.7 Å². The largest absolute Gasteiger partial charge is 0.534 e. The average molecular weight is 332 g/mol. The van der Waals surface area contributed by atoms with Crippen LogP contribution in [0.4, 0.5) is 26.3 Å². The molecule has 114 valence electrons. The third kappa shape index (κ3) is 5.93. The van der Waals surface area contributed by atoms with Gasteiger partial charge in [0.2, 0.25) is 0 Å². The van der Waals surface area contributed by atoms with Crippen LogP contribution in [0.25, 0.3) is 0 Å². The van der Waals surface area contributed by atoms with Gasteiger partial charge in [0.25, 0.3) is 0 Å². The molecular weight excluding hydrogens is 322 g/mol. The lowest BCUT2D eigenvalue weighted by molar-refractivity contribution is -0.0523. The van der Waals surface area contributed by atoms with E-state index in [1.807, 2.05) is 0 Å². The average Bonchev–Trinajstić information content (AvgIpc) is 2.19. The quantitative estimate of drug-likeness (QED) is 0.328. The standard InChI is InChI=1S/C8H10F6O3S2/c1-3-5(6(4-2)18-7(9,10)11)17-19(15,16)8(12,13)14/h3-4H2,1-2H3/b6-5+. The van der Waals surface area contributed by atoms with Crippen LogP contribution in [0.3, 0.4) is 0 Å².